The standard InChI is InChI=1S/C12H13FN2O2/c1-7(14)5-8-6-15(12(16)17)10-4-2-3-9(13)11(8)10/h2-4,6-7H,5,14H2,1H3,(H,16,17)/t7-/m1/s1. The summed E-state index contributed by atoms with van der Waals surface area (Å²) in [6.45, 7) is 1.80. The van der Waals surface area contributed by atoms with Crippen molar-refractivity contribution >= 4 is 17.0 Å². The van der Waals surface area contributed by atoms with Crippen LogP contribution < -0.4 is 5.73 Å². The molecule has 0 aliphatic rings. The van der Waals surface area contributed by atoms with Crippen LogP contribution in [0.4, 0.5) is 9.18 Å². The summed E-state index contributed by atoms with van der Waals surface area (Å²) >= 11 is 0. The highest BCUT2D eigenvalue weighted by atomic mass is 19.1. The molecule has 0 radical (unpaired) electrons. The van der Waals surface area contributed by atoms with Crippen LogP contribution in [0.5, 0.6) is 0 Å². The van der Waals surface area contributed by atoms with Crippen LogP contribution >= 0.6 is 0 Å². The number of hydrogen-bond donors (Lipinski definition) is 2. The maximum Gasteiger partial charge on any atom is 0.416 e. The van der Waals surface area contributed by atoms with Crippen LogP contribution in [-0.2, 0) is 6.42 Å². The highest BCUT2D eigenvalue weighted by Gasteiger charge is 2.16. The number of benzene rings is 1. The van der Waals surface area contributed by atoms with Gasteiger partial charge in [0.25, 0.3) is 0 Å². The summed E-state index contributed by atoms with van der Waals surface area (Å²) in [5.41, 5.74) is 6.65. The van der Waals surface area contributed by atoms with E-state index in [2.05, 4.69) is 0 Å². The number of fused-ring (bicyclic) bond motifs is 1. The lowest BCUT2D eigenvalue weighted by Crippen LogP contribution is -2.17. The first kappa shape index (κ1) is 11.6. The van der Waals surface area contributed by atoms with Crippen LogP contribution in [0.2, 0.25) is 0 Å². The molecule has 0 aliphatic heterocycles. The fourth-order valence-electron chi connectivity index (χ4n) is 1.98. The smallest absolute Gasteiger partial charge is 0.416 e. The number of nitrogens with zero attached hydrogens (tertiary/aromatic N) is 1. The monoisotopic (exact) mass is 236 g/mol. The van der Waals surface area contributed by atoms with E-state index in [1.807, 2.05) is 0 Å². The predicted molar refractivity (Wildman–Crippen MR) is 62.7 cm³/mol. The number of carbonyl (C=O) groups is 1. The van der Waals surface area contributed by atoms with E-state index in [1.165, 1.54) is 18.3 Å². The van der Waals surface area contributed by atoms with Crippen molar-refractivity contribution in [1.29, 1.82) is 0 Å². The first-order valence-corrected chi connectivity index (χ1v) is 5.28. The second-order valence-corrected chi connectivity index (χ2v) is 4.12. The van der Waals surface area contributed by atoms with Crippen molar-refractivity contribution in [2.75, 3.05) is 0 Å². The minimum Gasteiger partial charge on any atom is -0.464 e. The molecule has 0 spiro atoms. The molecule has 4 nitrogen and oxygen atoms in total. The van der Waals surface area contributed by atoms with Gasteiger partial charge in [0.2, 0.25) is 0 Å². The molecule has 1 heterocycles. The average molecular weight is 236 g/mol. The molecular formula is C12H13FN2O2. The lowest BCUT2D eigenvalue weighted by molar-refractivity contribution is 0.197. The summed E-state index contributed by atoms with van der Waals surface area (Å²) in [6, 6.07) is 4.24. The molecule has 5 heteroatoms. The van der Waals surface area contributed by atoms with Gasteiger partial charge in [0.15, 0.2) is 0 Å². The molecule has 17 heavy (non-hydrogen) atoms. The van der Waals surface area contributed by atoms with Crippen LogP contribution in [0.15, 0.2) is 24.4 Å². The molecule has 1 aromatic heterocycles. The molecule has 1 atom stereocenters. The second-order valence-electron chi connectivity index (χ2n) is 4.12. The van der Waals surface area contributed by atoms with E-state index in [4.69, 9.17) is 10.8 Å². The molecule has 2 rings (SSSR count). The Morgan fingerprint density at radius 3 is 2.88 bits per heavy atom. The zero-order valence-corrected chi connectivity index (χ0v) is 9.35. The molecule has 3 N–H and O–H groups in total. The van der Waals surface area contributed by atoms with Crippen molar-refractivity contribution < 1.29 is 14.3 Å². The molecular weight excluding hydrogens is 223 g/mol. The third kappa shape index (κ3) is 2.01. The Hall–Kier alpha value is -1.88. The number of rotatable bonds is 2. The molecule has 0 unspecified atom stereocenters. The van der Waals surface area contributed by atoms with Crippen LogP contribution in [0.25, 0.3) is 10.9 Å². The highest BCUT2D eigenvalue weighted by Crippen LogP contribution is 2.25. The molecule has 2 aromatic rings. The van der Waals surface area contributed by atoms with Gasteiger partial charge < -0.3 is 10.8 Å². The zero-order chi connectivity index (χ0) is 12.6. The Labute approximate surface area is 97.5 Å². The van der Waals surface area contributed by atoms with Crippen LogP contribution in [0.3, 0.4) is 0 Å². The molecule has 1 aromatic carbocycles. The van der Waals surface area contributed by atoms with Gasteiger partial charge in [-0.25, -0.2) is 9.18 Å². The minimum atomic E-state index is -1.13. The van der Waals surface area contributed by atoms with Crippen molar-refractivity contribution in [3.8, 4) is 0 Å². The number of halogens is 1. The topological polar surface area (TPSA) is 68.2 Å². The average Bonchev–Trinajstić information content (AvgIpc) is 2.57. The second kappa shape index (κ2) is 4.18. The summed E-state index contributed by atoms with van der Waals surface area (Å²) < 4.78 is 14.8. The first-order chi connectivity index (χ1) is 8.00. The highest BCUT2D eigenvalue weighted by molar-refractivity contribution is 5.91. The van der Waals surface area contributed by atoms with Gasteiger partial charge in [0.05, 0.1) is 5.52 Å². The third-order valence-electron chi connectivity index (χ3n) is 2.61. The zero-order valence-electron chi connectivity index (χ0n) is 9.35. The van der Waals surface area contributed by atoms with E-state index in [1.54, 1.807) is 13.0 Å². The van der Waals surface area contributed by atoms with E-state index < -0.39 is 11.9 Å². The molecule has 90 valence electrons. The number of nitrogens with two attached hydrogens (primary N) is 1. The van der Waals surface area contributed by atoms with Crippen molar-refractivity contribution in [3.63, 3.8) is 0 Å². The van der Waals surface area contributed by atoms with E-state index in [-0.39, 0.29) is 6.04 Å². The minimum absolute atomic E-state index is 0.151. The van der Waals surface area contributed by atoms with Gasteiger partial charge >= 0.3 is 6.09 Å². The maximum atomic E-state index is 13.7. The Morgan fingerprint density at radius 1 is 1.59 bits per heavy atom. The molecule has 0 aliphatic carbocycles. The maximum absolute atomic E-state index is 13.7. The van der Waals surface area contributed by atoms with E-state index in [0.29, 0.717) is 22.9 Å². The quantitative estimate of drug-likeness (QED) is 0.839. The Balaban J connectivity index is 2.71. The van der Waals surface area contributed by atoms with E-state index >= 15 is 0 Å². The molecule has 0 amide bonds. The van der Waals surface area contributed by atoms with E-state index in [9.17, 15) is 9.18 Å². The SMILES string of the molecule is C[C@@H](N)Cc1cn(C(=O)O)c2cccc(F)c12. The van der Waals surface area contributed by atoms with Gasteiger partial charge in [-0.2, -0.15) is 0 Å². The largest absolute Gasteiger partial charge is 0.464 e. The Bertz CT molecular complexity index is 575. The van der Waals surface area contributed by atoms with Gasteiger partial charge in [-0.1, -0.05) is 6.07 Å². The molecule has 0 saturated carbocycles. The molecule has 0 bridgehead atoms. The molecule has 0 saturated heterocycles. The van der Waals surface area contributed by atoms with Gasteiger partial charge in [-0.15, -0.1) is 0 Å². The summed E-state index contributed by atoms with van der Waals surface area (Å²) in [4.78, 5) is 11.0. The van der Waals surface area contributed by atoms with Crippen LogP contribution in [0, 0.1) is 5.82 Å². The summed E-state index contributed by atoms with van der Waals surface area (Å²) in [5.74, 6) is -0.418. The van der Waals surface area contributed by atoms with Crippen molar-refractivity contribution in [2.45, 2.75) is 19.4 Å². The summed E-state index contributed by atoms with van der Waals surface area (Å²) in [5, 5.41) is 9.37. The number of hydrogen-bond acceptors (Lipinski definition) is 2. The van der Waals surface area contributed by atoms with Gasteiger partial charge in [0, 0.05) is 17.6 Å². The molecule has 0 fully saturated rings. The number of carboxylic acid groups (broad SMARTS) is 1. The third-order valence-corrected chi connectivity index (χ3v) is 2.61. The number of aromatic nitrogens is 1. The van der Waals surface area contributed by atoms with Crippen molar-refractivity contribution in [1.82, 2.24) is 4.57 Å². The Kier molecular flexibility index (Phi) is 2.85. The van der Waals surface area contributed by atoms with E-state index in [0.717, 1.165) is 4.57 Å². The van der Waals surface area contributed by atoms with Crippen molar-refractivity contribution in [3.05, 3.63) is 35.8 Å². The lowest BCUT2D eigenvalue weighted by Gasteiger charge is -2.03. The van der Waals surface area contributed by atoms with Crippen LogP contribution in [-0.4, -0.2) is 21.8 Å². The normalized spacial score (nSPS) is 12.9. The van der Waals surface area contributed by atoms with Gasteiger partial charge in [0.1, 0.15) is 5.82 Å². The summed E-state index contributed by atoms with van der Waals surface area (Å²) in [7, 11) is 0. The van der Waals surface area contributed by atoms with Crippen LogP contribution in [0.1, 0.15) is 12.5 Å². The lowest BCUT2D eigenvalue weighted by atomic mass is 10.1. The van der Waals surface area contributed by atoms with Gasteiger partial charge in [-0.3, -0.25) is 4.57 Å². The Morgan fingerprint density at radius 2 is 2.29 bits per heavy atom. The first-order valence-electron chi connectivity index (χ1n) is 5.28. The fourth-order valence-corrected chi connectivity index (χ4v) is 1.98. The fraction of sp³-hybridized carbons (Fsp3) is 0.250. The summed E-state index contributed by atoms with van der Waals surface area (Å²) in [6.07, 6.45) is 0.744. The predicted octanol–water partition coefficient (Wildman–Crippen LogP) is 2.20. The van der Waals surface area contributed by atoms with Gasteiger partial charge in [-0.05, 0) is 31.0 Å². The van der Waals surface area contributed by atoms with Crippen molar-refractivity contribution in [2.24, 2.45) is 5.73 Å².